The van der Waals surface area contributed by atoms with Crippen LogP contribution in [-0.4, -0.2) is 28.9 Å². The molecule has 0 aromatic heterocycles. The molecule has 2 aliphatic heterocycles. The van der Waals surface area contributed by atoms with Crippen molar-refractivity contribution in [1.29, 1.82) is 0 Å². The minimum Gasteiger partial charge on any atom is -0.445 e. The molecular weight excluding hydrogens is 419 g/mol. The average molecular weight is 445 g/mol. The number of ether oxygens (including phenoxy) is 1. The number of benzene rings is 2. The number of carbonyl (C=O) groups is 2. The lowest BCUT2D eigenvalue weighted by Crippen LogP contribution is -2.55. The zero-order valence-corrected chi connectivity index (χ0v) is 17.9. The van der Waals surface area contributed by atoms with Crippen molar-refractivity contribution in [2.45, 2.75) is 63.9 Å². The fourth-order valence-electron chi connectivity index (χ4n) is 5.12. The van der Waals surface area contributed by atoms with Crippen LogP contribution < -0.4 is 0 Å². The predicted octanol–water partition coefficient (Wildman–Crippen LogP) is 6.17. The van der Waals surface area contributed by atoms with Gasteiger partial charge in [0.2, 0.25) is 0 Å². The van der Waals surface area contributed by atoms with Crippen molar-refractivity contribution >= 4 is 11.9 Å². The summed E-state index contributed by atoms with van der Waals surface area (Å²) in [6.45, 7) is 1.54. The SMILES string of the molecule is Cc1c(C(=O)C2CC3CCCC(C2)N3C(=O)OCc2ccccc2)cccc1C(F)(F)F. The van der Waals surface area contributed by atoms with Crippen molar-refractivity contribution in [2.75, 3.05) is 0 Å². The van der Waals surface area contributed by atoms with Gasteiger partial charge in [0.15, 0.2) is 5.78 Å². The minimum absolute atomic E-state index is 0.0279. The topological polar surface area (TPSA) is 46.6 Å². The molecule has 7 heteroatoms. The lowest BCUT2D eigenvalue weighted by molar-refractivity contribution is -0.138. The van der Waals surface area contributed by atoms with E-state index < -0.39 is 17.7 Å². The zero-order chi connectivity index (χ0) is 22.9. The van der Waals surface area contributed by atoms with Crippen molar-refractivity contribution in [2.24, 2.45) is 5.92 Å². The Morgan fingerprint density at radius 2 is 1.66 bits per heavy atom. The summed E-state index contributed by atoms with van der Waals surface area (Å²) in [5.41, 5.74) is 0.226. The lowest BCUT2D eigenvalue weighted by Gasteiger charge is -2.47. The van der Waals surface area contributed by atoms with Crippen LogP contribution in [0.15, 0.2) is 48.5 Å². The van der Waals surface area contributed by atoms with E-state index in [2.05, 4.69) is 0 Å². The van der Waals surface area contributed by atoms with E-state index in [0.29, 0.717) is 12.8 Å². The Balaban J connectivity index is 1.48. The number of ketones is 1. The maximum absolute atomic E-state index is 13.3. The number of hydrogen-bond acceptors (Lipinski definition) is 3. The van der Waals surface area contributed by atoms with Gasteiger partial charge in [-0.3, -0.25) is 4.79 Å². The molecule has 2 aliphatic rings. The second kappa shape index (κ2) is 8.96. The molecule has 0 spiro atoms. The highest BCUT2D eigenvalue weighted by Crippen LogP contribution is 2.40. The van der Waals surface area contributed by atoms with Gasteiger partial charge in [0.05, 0.1) is 5.56 Å². The first kappa shape index (κ1) is 22.4. The summed E-state index contributed by atoms with van der Waals surface area (Å²) in [5.74, 6) is -0.659. The number of nitrogens with zero attached hydrogens (tertiary/aromatic N) is 1. The summed E-state index contributed by atoms with van der Waals surface area (Å²) in [6.07, 6.45) is -1.49. The Morgan fingerprint density at radius 1 is 1.00 bits per heavy atom. The molecule has 32 heavy (non-hydrogen) atoms. The van der Waals surface area contributed by atoms with Crippen molar-refractivity contribution < 1.29 is 27.5 Å². The molecule has 0 aliphatic carbocycles. The van der Waals surface area contributed by atoms with Gasteiger partial charge in [0.25, 0.3) is 0 Å². The number of fused-ring (bicyclic) bond motifs is 2. The zero-order valence-electron chi connectivity index (χ0n) is 17.9. The largest absolute Gasteiger partial charge is 0.445 e. The van der Waals surface area contributed by atoms with Crippen LogP contribution in [0.25, 0.3) is 0 Å². The van der Waals surface area contributed by atoms with Crippen LogP contribution in [0.2, 0.25) is 0 Å². The second-order valence-electron chi connectivity index (χ2n) is 8.69. The summed E-state index contributed by atoms with van der Waals surface area (Å²) >= 11 is 0. The van der Waals surface area contributed by atoms with Gasteiger partial charge in [-0.25, -0.2) is 4.79 Å². The number of carbonyl (C=O) groups excluding carboxylic acids is 2. The normalized spacial score (nSPS) is 23.0. The number of amides is 1. The van der Waals surface area contributed by atoms with Crippen molar-refractivity contribution in [3.8, 4) is 0 Å². The Kier molecular flexibility index (Phi) is 6.26. The molecule has 2 aromatic carbocycles. The maximum atomic E-state index is 13.3. The lowest BCUT2D eigenvalue weighted by atomic mass is 9.75. The molecule has 2 heterocycles. The molecule has 2 saturated heterocycles. The molecule has 0 radical (unpaired) electrons. The number of rotatable bonds is 4. The molecule has 2 fully saturated rings. The highest BCUT2D eigenvalue weighted by Gasteiger charge is 2.44. The van der Waals surface area contributed by atoms with Gasteiger partial charge < -0.3 is 9.64 Å². The summed E-state index contributed by atoms with van der Waals surface area (Å²) in [6, 6.07) is 12.9. The number of halogens is 3. The molecule has 0 N–H and O–H groups in total. The molecule has 1 amide bonds. The number of alkyl halides is 3. The van der Waals surface area contributed by atoms with Crippen LogP contribution in [0, 0.1) is 12.8 Å². The van der Waals surface area contributed by atoms with Crippen LogP contribution >= 0.6 is 0 Å². The van der Waals surface area contributed by atoms with Gasteiger partial charge in [-0.2, -0.15) is 13.2 Å². The third-order valence-corrected chi connectivity index (χ3v) is 6.67. The molecule has 2 aromatic rings. The second-order valence-corrected chi connectivity index (χ2v) is 8.69. The molecule has 2 bridgehead atoms. The quantitative estimate of drug-likeness (QED) is 0.529. The Hall–Kier alpha value is -2.83. The standard InChI is InChI=1S/C25H26F3NO3/c1-16-21(11-6-12-22(16)25(26,27)28)23(30)18-13-19-9-5-10-20(14-18)29(19)24(31)32-15-17-7-3-2-4-8-17/h2-4,6-8,11-12,18-20H,5,9-10,13-15H2,1H3. The first-order valence-corrected chi connectivity index (χ1v) is 11.0. The van der Waals surface area contributed by atoms with Gasteiger partial charge >= 0.3 is 12.3 Å². The highest BCUT2D eigenvalue weighted by atomic mass is 19.4. The van der Waals surface area contributed by atoms with Crippen LogP contribution in [0.3, 0.4) is 0 Å². The van der Waals surface area contributed by atoms with Crippen molar-refractivity contribution in [3.05, 3.63) is 70.8 Å². The fraction of sp³-hybridized carbons (Fsp3) is 0.440. The minimum atomic E-state index is -4.50. The summed E-state index contributed by atoms with van der Waals surface area (Å²) < 4.78 is 45.4. The van der Waals surface area contributed by atoms with Gasteiger partial charge in [-0.15, -0.1) is 0 Å². The average Bonchev–Trinajstić information content (AvgIpc) is 2.76. The van der Waals surface area contributed by atoms with E-state index in [-0.39, 0.29) is 41.7 Å². The van der Waals surface area contributed by atoms with Crippen LogP contribution in [0.1, 0.15) is 59.2 Å². The van der Waals surface area contributed by atoms with E-state index in [9.17, 15) is 22.8 Å². The molecular formula is C25H26F3NO3. The van der Waals surface area contributed by atoms with Crippen molar-refractivity contribution in [3.63, 3.8) is 0 Å². The third-order valence-electron chi connectivity index (χ3n) is 6.67. The van der Waals surface area contributed by atoms with E-state index in [4.69, 9.17) is 4.74 Å². The molecule has 2 atom stereocenters. The molecule has 4 rings (SSSR count). The molecule has 0 saturated carbocycles. The predicted molar refractivity (Wildman–Crippen MR) is 113 cm³/mol. The Morgan fingerprint density at radius 3 is 2.28 bits per heavy atom. The summed E-state index contributed by atoms with van der Waals surface area (Å²) in [4.78, 5) is 27.8. The van der Waals surface area contributed by atoms with E-state index in [1.807, 2.05) is 30.3 Å². The Labute approximate surface area is 185 Å². The monoisotopic (exact) mass is 445 g/mol. The van der Waals surface area contributed by atoms with Gasteiger partial charge in [-0.05, 0) is 56.2 Å². The summed E-state index contributed by atoms with van der Waals surface area (Å²) in [5, 5.41) is 0. The van der Waals surface area contributed by atoms with E-state index in [0.717, 1.165) is 30.9 Å². The summed E-state index contributed by atoms with van der Waals surface area (Å²) in [7, 11) is 0. The Bertz CT molecular complexity index is 976. The van der Waals surface area contributed by atoms with Gasteiger partial charge in [0.1, 0.15) is 6.61 Å². The third kappa shape index (κ3) is 4.52. The van der Waals surface area contributed by atoms with E-state index in [1.54, 1.807) is 4.90 Å². The molecule has 4 nitrogen and oxygen atoms in total. The number of Topliss-reactive ketones (excluding diaryl/α,β-unsaturated/α-hetero) is 1. The first-order valence-electron chi connectivity index (χ1n) is 11.0. The van der Waals surface area contributed by atoms with E-state index in [1.165, 1.54) is 19.1 Å². The first-order chi connectivity index (χ1) is 15.3. The number of piperidine rings is 2. The van der Waals surface area contributed by atoms with Gasteiger partial charge in [-0.1, -0.05) is 42.5 Å². The van der Waals surface area contributed by atoms with Crippen LogP contribution in [0.5, 0.6) is 0 Å². The molecule has 2 unspecified atom stereocenters. The number of hydrogen-bond donors (Lipinski definition) is 0. The molecule has 170 valence electrons. The highest BCUT2D eigenvalue weighted by molar-refractivity contribution is 5.99. The van der Waals surface area contributed by atoms with Crippen LogP contribution in [-0.2, 0) is 17.5 Å². The smallest absolute Gasteiger partial charge is 0.416 e. The maximum Gasteiger partial charge on any atom is 0.416 e. The van der Waals surface area contributed by atoms with Gasteiger partial charge in [0, 0.05) is 23.6 Å². The van der Waals surface area contributed by atoms with Crippen LogP contribution in [0.4, 0.5) is 18.0 Å². The van der Waals surface area contributed by atoms with E-state index >= 15 is 0 Å². The van der Waals surface area contributed by atoms with Crippen molar-refractivity contribution in [1.82, 2.24) is 4.90 Å². The fourth-order valence-corrected chi connectivity index (χ4v) is 5.12.